The normalized spacial score (nSPS) is 11.3. The molecule has 0 saturated carbocycles. The Labute approximate surface area is 112 Å². The van der Waals surface area contributed by atoms with Crippen molar-refractivity contribution in [3.8, 4) is 11.5 Å². The third kappa shape index (κ3) is 3.56. The van der Waals surface area contributed by atoms with E-state index in [9.17, 15) is 8.42 Å². The summed E-state index contributed by atoms with van der Waals surface area (Å²) in [4.78, 5) is 0.0705. The summed E-state index contributed by atoms with van der Waals surface area (Å²) in [7, 11) is -3.66. The van der Waals surface area contributed by atoms with Crippen molar-refractivity contribution in [2.75, 3.05) is 0 Å². The molecule has 0 amide bonds. The standard InChI is InChI=1S/C14H15NO3S/c1-2-11-3-5-12(6-4-11)18-13-7-9-14(10-8-13)19(15,16)17/h3-10H,2H2,1H3,(H2,15,16,17). The average Bonchev–Trinajstić information content (AvgIpc) is 2.39. The molecule has 0 aliphatic rings. The van der Waals surface area contributed by atoms with Gasteiger partial charge in [0.15, 0.2) is 0 Å². The Hall–Kier alpha value is -1.85. The first-order valence-corrected chi connectivity index (χ1v) is 7.43. The number of rotatable bonds is 4. The van der Waals surface area contributed by atoms with Crippen LogP contribution in [0, 0.1) is 0 Å². The molecule has 0 radical (unpaired) electrons. The van der Waals surface area contributed by atoms with E-state index in [0.29, 0.717) is 11.5 Å². The van der Waals surface area contributed by atoms with Gasteiger partial charge in [-0.1, -0.05) is 19.1 Å². The highest BCUT2D eigenvalue weighted by Gasteiger charge is 2.07. The highest BCUT2D eigenvalue weighted by Crippen LogP contribution is 2.23. The topological polar surface area (TPSA) is 69.4 Å². The summed E-state index contributed by atoms with van der Waals surface area (Å²) in [6.07, 6.45) is 0.976. The second-order valence-electron chi connectivity index (χ2n) is 4.12. The van der Waals surface area contributed by atoms with Crippen LogP contribution in [0.1, 0.15) is 12.5 Å². The fourth-order valence-corrected chi connectivity index (χ4v) is 2.14. The van der Waals surface area contributed by atoms with Crippen molar-refractivity contribution in [1.29, 1.82) is 0 Å². The molecule has 19 heavy (non-hydrogen) atoms. The van der Waals surface area contributed by atoms with Gasteiger partial charge in [0.2, 0.25) is 10.0 Å². The Balaban J connectivity index is 2.15. The van der Waals surface area contributed by atoms with Gasteiger partial charge in [0, 0.05) is 0 Å². The molecule has 0 aliphatic heterocycles. The molecule has 2 aromatic carbocycles. The Morgan fingerprint density at radius 2 is 1.42 bits per heavy atom. The maximum Gasteiger partial charge on any atom is 0.238 e. The van der Waals surface area contributed by atoms with E-state index in [1.165, 1.54) is 17.7 Å². The number of hydrogen-bond acceptors (Lipinski definition) is 3. The summed E-state index contributed by atoms with van der Waals surface area (Å²) < 4.78 is 27.8. The lowest BCUT2D eigenvalue weighted by Crippen LogP contribution is -2.11. The maximum absolute atomic E-state index is 11.1. The molecule has 4 nitrogen and oxygen atoms in total. The van der Waals surface area contributed by atoms with Gasteiger partial charge in [-0.15, -0.1) is 0 Å². The van der Waals surface area contributed by atoms with E-state index in [2.05, 4.69) is 6.92 Å². The third-order valence-electron chi connectivity index (χ3n) is 2.72. The number of aryl methyl sites for hydroxylation is 1. The Kier molecular flexibility index (Phi) is 3.87. The summed E-state index contributed by atoms with van der Waals surface area (Å²) >= 11 is 0. The van der Waals surface area contributed by atoms with Crippen molar-refractivity contribution in [2.45, 2.75) is 18.2 Å². The van der Waals surface area contributed by atoms with Crippen LogP contribution in [0.3, 0.4) is 0 Å². The van der Waals surface area contributed by atoms with E-state index < -0.39 is 10.0 Å². The summed E-state index contributed by atoms with van der Waals surface area (Å²) in [6.45, 7) is 2.09. The smallest absolute Gasteiger partial charge is 0.238 e. The molecule has 0 unspecified atom stereocenters. The van der Waals surface area contributed by atoms with Crippen LogP contribution in [0.4, 0.5) is 0 Å². The van der Waals surface area contributed by atoms with Crippen molar-refractivity contribution in [3.63, 3.8) is 0 Å². The van der Waals surface area contributed by atoms with Crippen LogP contribution in [-0.2, 0) is 16.4 Å². The first-order chi connectivity index (χ1) is 8.99. The van der Waals surface area contributed by atoms with Crippen LogP contribution in [0.25, 0.3) is 0 Å². The molecule has 0 saturated heterocycles. The van der Waals surface area contributed by atoms with Crippen LogP contribution >= 0.6 is 0 Å². The van der Waals surface area contributed by atoms with Crippen molar-refractivity contribution in [3.05, 3.63) is 54.1 Å². The fourth-order valence-electron chi connectivity index (χ4n) is 1.63. The molecule has 0 heterocycles. The zero-order valence-electron chi connectivity index (χ0n) is 10.5. The van der Waals surface area contributed by atoms with Crippen molar-refractivity contribution in [2.24, 2.45) is 5.14 Å². The van der Waals surface area contributed by atoms with E-state index in [1.807, 2.05) is 24.3 Å². The van der Waals surface area contributed by atoms with Gasteiger partial charge in [-0.2, -0.15) is 0 Å². The van der Waals surface area contributed by atoms with Crippen LogP contribution in [0.15, 0.2) is 53.4 Å². The quantitative estimate of drug-likeness (QED) is 0.934. The zero-order chi connectivity index (χ0) is 13.9. The van der Waals surface area contributed by atoms with Gasteiger partial charge in [0.1, 0.15) is 11.5 Å². The van der Waals surface area contributed by atoms with Crippen LogP contribution in [-0.4, -0.2) is 8.42 Å². The van der Waals surface area contributed by atoms with Crippen molar-refractivity contribution < 1.29 is 13.2 Å². The monoisotopic (exact) mass is 277 g/mol. The molecule has 100 valence electrons. The number of primary sulfonamides is 1. The van der Waals surface area contributed by atoms with Crippen molar-refractivity contribution >= 4 is 10.0 Å². The second kappa shape index (κ2) is 5.42. The number of hydrogen-bond donors (Lipinski definition) is 1. The molecule has 2 N–H and O–H groups in total. The van der Waals surface area contributed by atoms with Gasteiger partial charge in [-0.25, -0.2) is 13.6 Å². The molecule has 5 heteroatoms. The minimum absolute atomic E-state index is 0.0705. The van der Waals surface area contributed by atoms with Crippen LogP contribution < -0.4 is 9.88 Å². The average molecular weight is 277 g/mol. The fraction of sp³-hybridized carbons (Fsp3) is 0.143. The van der Waals surface area contributed by atoms with Gasteiger partial charge in [0.05, 0.1) is 4.90 Å². The molecule has 0 spiro atoms. The summed E-state index contributed by atoms with van der Waals surface area (Å²) in [5.41, 5.74) is 1.23. The minimum Gasteiger partial charge on any atom is -0.457 e. The number of benzene rings is 2. The summed E-state index contributed by atoms with van der Waals surface area (Å²) in [5, 5.41) is 5.02. The van der Waals surface area contributed by atoms with Gasteiger partial charge >= 0.3 is 0 Å². The Morgan fingerprint density at radius 3 is 1.84 bits per heavy atom. The lowest BCUT2D eigenvalue weighted by Gasteiger charge is -2.07. The van der Waals surface area contributed by atoms with Crippen LogP contribution in [0.2, 0.25) is 0 Å². The third-order valence-corrected chi connectivity index (χ3v) is 3.65. The van der Waals surface area contributed by atoms with E-state index >= 15 is 0 Å². The molecule has 0 atom stereocenters. The lowest BCUT2D eigenvalue weighted by atomic mass is 10.2. The molecule has 0 bridgehead atoms. The number of ether oxygens (including phenoxy) is 1. The predicted octanol–water partition coefficient (Wildman–Crippen LogP) is 2.69. The second-order valence-corrected chi connectivity index (χ2v) is 5.68. The summed E-state index contributed by atoms with van der Waals surface area (Å²) in [6, 6.07) is 13.7. The molecule has 2 aromatic rings. The maximum atomic E-state index is 11.1. The SMILES string of the molecule is CCc1ccc(Oc2ccc(S(N)(=O)=O)cc2)cc1. The highest BCUT2D eigenvalue weighted by atomic mass is 32.2. The number of sulfonamides is 1. The van der Waals surface area contributed by atoms with Crippen LogP contribution in [0.5, 0.6) is 11.5 Å². The molecular formula is C14H15NO3S. The highest BCUT2D eigenvalue weighted by molar-refractivity contribution is 7.89. The molecule has 0 aliphatic carbocycles. The first kappa shape index (κ1) is 13.6. The van der Waals surface area contributed by atoms with E-state index in [4.69, 9.17) is 9.88 Å². The Bertz CT molecular complexity index is 646. The van der Waals surface area contributed by atoms with Gasteiger partial charge in [0.25, 0.3) is 0 Å². The van der Waals surface area contributed by atoms with E-state index in [-0.39, 0.29) is 4.90 Å². The zero-order valence-corrected chi connectivity index (χ0v) is 11.4. The van der Waals surface area contributed by atoms with E-state index in [1.54, 1.807) is 12.1 Å². The first-order valence-electron chi connectivity index (χ1n) is 5.88. The largest absolute Gasteiger partial charge is 0.457 e. The van der Waals surface area contributed by atoms with Crippen molar-refractivity contribution in [1.82, 2.24) is 0 Å². The Morgan fingerprint density at radius 1 is 0.947 bits per heavy atom. The van der Waals surface area contributed by atoms with Gasteiger partial charge < -0.3 is 4.74 Å². The van der Waals surface area contributed by atoms with Gasteiger partial charge in [-0.3, -0.25) is 0 Å². The van der Waals surface area contributed by atoms with E-state index in [0.717, 1.165) is 6.42 Å². The number of nitrogens with two attached hydrogens (primary N) is 1. The minimum atomic E-state index is -3.66. The van der Waals surface area contributed by atoms with Gasteiger partial charge in [-0.05, 0) is 48.4 Å². The molecule has 0 fully saturated rings. The molecule has 2 rings (SSSR count). The predicted molar refractivity (Wildman–Crippen MR) is 73.7 cm³/mol. The summed E-state index contributed by atoms with van der Waals surface area (Å²) in [5.74, 6) is 1.28. The molecular weight excluding hydrogens is 262 g/mol. The molecule has 0 aromatic heterocycles. The lowest BCUT2D eigenvalue weighted by molar-refractivity contribution is 0.482.